The number of aromatic nitrogens is 2. The van der Waals surface area contributed by atoms with Crippen molar-refractivity contribution in [3.05, 3.63) is 18.2 Å². The summed E-state index contributed by atoms with van der Waals surface area (Å²) in [6, 6.07) is 0. The number of hydrogen-bond donors (Lipinski definition) is 1. The van der Waals surface area contributed by atoms with Gasteiger partial charge in [-0.15, -0.1) is 0 Å². The van der Waals surface area contributed by atoms with Crippen LogP contribution in [0.3, 0.4) is 0 Å². The molecule has 1 saturated heterocycles. The first-order valence-electron chi connectivity index (χ1n) is 5.89. The number of ether oxygens (including phenoxy) is 1. The molecule has 0 radical (unpaired) electrons. The van der Waals surface area contributed by atoms with Gasteiger partial charge >= 0.3 is 6.55 Å². The van der Waals surface area contributed by atoms with Crippen LogP contribution in [0.1, 0.15) is 31.6 Å². The Hall–Kier alpha value is -1.01. The smallest absolute Gasteiger partial charge is 0.319 e. The minimum atomic E-state index is -2.52. The lowest BCUT2D eigenvalue weighted by molar-refractivity contribution is 0.0664. The number of alkyl halides is 2. The molecule has 96 valence electrons. The minimum absolute atomic E-state index is 0.331. The molecule has 1 atom stereocenters. The predicted molar refractivity (Wildman–Crippen MR) is 58.8 cm³/mol. The lowest BCUT2D eigenvalue weighted by Gasteiger charge is -2.10. The molecular weight excluding hydrogens is 228 g/mol. The molecular formula is C11H17F2N3O. The quantitative estimate of drug-likeness (QED) is 0.778. The minimum Gasteiger partial charge on any atom is -0.378 e. The largest absolute Gasteiger partial charge is 0.378 e. The number of imidazole rings is 1. The zero-order valence-corrected chi connectivity index (χ0v) is 9.61. The molecule has 0 amide bonds. The zero-order valence-electron chi connectivity index (χ0n) is 9.61. The molecule has 0 spiro atoms. The maximum atomic E-state index is 12.5. The molecule has 0 aromatic carbocycles. The summed E-state index contributed by atoms with van der Waals surface area (Å²) in [5.74, 6) is 0.368. The van der Waals surface area contributed by atoms with Gasteiger partial charge in [0.2, 0.25) is 0 Å². The molecule has 1 aliphatic rings. The van der Waals surface area contributed by atoms with Gasteiger partial charge < -0.3 is 10.1 Å². The van der Waals surface area contributed by atoms with E-state index in [1.54, 1.807) is 0 Å². The van der Waals surface area contributed by atoms with Gasteiger partial charge in [-0.25, -0.2) is 4.98 Å². The summed E-state index contributed by atoms with van der Waals surface area (Å²) in [5, 5.41) is 3.11. The lowest BCUT2D eigenvalue weighted by Crippen LogP contribution is -2.22. The Labute approximate surface area is 99.0 Å². The van der Waals surface area contributed by atoms with Crippen LogP contribution in [0.25, 0.3) is 0 Å². The summed E-state index contributed by atoms with van der Waals surface area (Å²) in [6.45, 7) is -0.543. The van der Waals surface area contributed by atoms with Gasteiger partial charge in [-0.3, -0.25) is 4.57 Å². The normalized spacial score (nSPS) is 20.3. The van der Waals surface area contributed by atoms with Crippen LogP contribution >= 0.6 is 0 Å². The Bertz CT molecular complexity index is 337. The molecule has 1 aromatic heterocycles. The SMILES string of the molecule is FC(F)n1ccnc1CNCCC1CCCO1. The van der Waals surface area contributed by atoms with Gasteiger partial charge in [0.25, 0.3) is 0 Å². The van der Waals surface area contributed by atoms with Crippen LogP contribution in [0.2, 0.25) is 0 Å². The molecule has 1 unspecified atom stereocenters. The first kappa shape index (κ1) is 12.4. The van der Waals surface area contributed by atoms with E-state index >= 15 is 0 Å². The van der Waals surface area contributed by atoms with Crippen molar-refractivity contribution in [2.75, 3.05) is 13.2 Å². The molecule has 6 heteroatoms. The van der Waals surface area contributed by atoms with Gasteiger partial charge in [0.15, 0.2) is 0 Å². The van der Waals surface area contributed by atoms with Crippen LogP contribution in [0.4, 0.5) is 8.78 Å². The second-order valence-electron chi connectivity index (χ2n) is 4.13. The monoisotopic (exact) mass is 245 g/mol. The van der Waals surface area contributed by atoms with E-state index < -0.39 is 6.55 Å². The van der Waals surface area contributed by atoms with Crippen LogP contribution in [0, 0.1) is 0 Å². The molecule has 1 aliphatic heterocycles. The van der Waals surface area contributed by atoms with Gasteiger partial charge in [-0.2, -0.15) is 8.78 Å². The van der Waals surface area contributed by atoms with E-state index in [4.69, 9.17) is 4.74 Å². The molecule has 17 heavy (non-hydrogen) atoms. The van der Waals surface area contributed by atoms with Crippen molar-refractivity contribution in [1.82, 2.24) is 14.9 Å². The Morgan fingerprint density at radius 2 is 2.47 bits per heavy atom. The van der Waals surface area contributed by atoms with Crippen LogP contribution in [-0.2, 0) is 11.3 Å². The van der Waals surface area contributed by atoms with Crippen molar-refractivity contribution >= 4 is 0 Å². The van der Waals surface area contributed by atoms with E-state index in [0.717, 1.165) is 37.0 Å². The summed E-state index contributed by atoms with van der Waals surface area (Å²) >= 11 is 0. The van der Waals surface area contributed by atoms with Crippen LogP contribution in [0.15, 0.2) is 12.4 Å². The van der Waals surface area contributed by atoms with Gasteiger partial charge in [0, 0.05) is 19.0 Å². The first-order chi connectivity index (χ1) is 8.27. The fourth-order valence-corrected chi connectivity index (χ4v) is 1.99. The molecule has 2 rings (SSSR count). The topological polar surface area (TPSA) is 39.1 Å². The standard InChI is InChI=1S/C11H17F2N3O/c12-11(13)16-6-5-15-10(16)8-14-4-3-9-2-1-7-17-9/h5-6,9,11,14H,1-4,7-8H2. The number of halogens is 2. The van der Waals surface area contributed by atoms with E-state index in [-0.39, 0.29) is 0 Å². The Balaban J connectivity index is 1.68. The summed E-state index contributed by atoms with van der Waals surface area (Å²) in [6.07, 6.45) is 6.17. The third kappa shape index (κ3) is 3.47. The average Bonchev–Trinajstić information content (AvgIpc) is 2.95. The van der Waals surface area contributed by atoms with E-state index in [9.17, 15) is 8.78 Å². The highest BCUT2D eigenvalue weighted by Gasteiger charge is 2.15. The van der Waals surface area contributed by atoms with E-state index in [1.807, 2.05) is 0 Å². The van der Waals surface area contributed by atoms with E-state index in [1.165, 1.54) is 12.4 Å². The van der Waals surface area contributed by atoms with Crippen LogP contribution < -0.4 is 5.32 Å². The number of rotatable bonds is 6. The predicted octanol–water partition coefficient (Wildman–Crippen LogP) is 1.94. The lowest BCUT2D eigenvalue weighted by atomic mass is 10.2. The zero-order chi connectivity index (χ0) is 12.1. The summed E-state index contributed by atoms with van der Waals surface area (Å²) in [4.78, 5) is 3.90. The van der Waals surface area contributed by atoms with Gasteiger partial charge in [0.05, 0.1) is 12.6 Å². The fourth-order valence-electron chi connectivity index (χ4n) is 1.99. The highest BCUT2D eigenvalue weighted by molar-refractivity contribution is 4.92. The first-order valence-corrected chi connectivity index (χ1v) is 5.89. The van der Waals surface area contributed by atoms with Gasteiger partial charge in [-0.05, 0) is 25.8 Å². The molecule has 2 heterocycles. The molecule has 1 fully saturated rings. The maximum Gasteiger partial charge on any atom is 0.319 e. The van der Waals surface area contributed by atoms with Crippen molar-refractivity contribution < 1.29 is 13.5 Å². The molecule has 4 nitrogen and oxygen atoms in total. The number of nitrogens with zero attached hydrogens (tertiary/aromatic N) is 2. The third-order valence-corrected chi connectivity index (χ3v) is 2.91. The fraction of sp³-hybridized carbons (Fsp3) is 0.727. The van der Waals surface area contributed by atoms with E-state index in [0.29, 0.717) is 18.5 Å². The number of nitrogens with one attached hydrogen (secondary N) is 1. The molecule has 1 N–H and O–H groups in total. The highest BCUT2D eigenvalue weighted by Crippen LogP contribution is 2.15. The van der Waals surface area contributed by atoms with Crippen molar-refractivity contribution in [1.29, 1.82) is 0 Å². The summed E-state index contributed by atoms with van der Waals surface area (Å²) in [5.41, 5.74) is 0. The van der Waals surface area contributed by atoms with Gasteiger partial charge in [0.1, 0.15) is 5.82 Å². The molecule has 0 aliphatic carbocycles. The van der Waals surface area contributed by atoms with Crippen molar-refractivity contribution in [3.8, 4) is 0 Å². The van der Waals surface area contributed by atoms with Crippen LogP contribution in [-0.4, -0.2) is 28.8 Å². The Morgan fingerprint density at radius 1 is 1.59 bits per heavy atom. The molecule has 0 saturated carbocycles. The summed E-state index contributed by atoms with van der Waals surface area (Å²) in [7, 11) is 0. The van der Waals surface area contributed by atoms with Crippen molar-refractivity contribution in [3.63, 3.8) is 0 Å². The second-order valence-corrected chi connectivity index (χ2v) is 4.13. The van der Waals surface area contributed by atoms with Crippen LogP contribution in [0.5, 0.6) is 0 Å². The number of hydrogen-bond acceptors (Lipinski definition) is 3. The molecule has 0 bridgehead atoms. The van der Waals surface area contributed by atoms with E-state index in [2.05, 4.69) is 10.3 Å². The van der Waals surface area contributed by atoms with Crippen molar-refractivity contribution in [2.24, 2.45) is 0 Å². The summed E-state index contributed by atoms with van der Waals surface area (Å²) < 4.78 is 31.3. The average molecular weight is 245 g/mol. The third-order valence-electron chi connectivity index (χ3n) is 2.91. The molecule has 1 aromatic rings. The second kappa shape index (κ2) is 6.07. The Kier molecular flexibility index (Phi) is 4.44. The Morgan fingerprint density at radius 3 is 3.18 bits per heavy atom. The highest BCUT2D eigenvalue weighted by atomic mass is 19.3. The maximum absolute atomic E-state index is 12.5. The van der Waals surface area contributed by atoms with Crippen molar-refractivity contribution in [2.45, 2.75) is 38.5 Å². The van der Waals surface area contributed by atoms with Gasteiger partial charge in [-0.1, -0.05) is 0 Å².